The van der Waals surface area contributed by atoms with E-state index in [-0.39, 0.29) is 11.8 Å². The van der Waals surface area contributed by atoms with Crippen LogP contribution in [-0.2, 0) is 25.5 Å². The molecule has 5 rings (SSSR count). The first kappa shape index (κ1) is 24.3. The molecule has 0 unspecified atom stereocenters. The number of ether oxygens (including phenoxy) is 2. The summed E-state index contributed by atoms with van der Waals surface area (Å²) >= 11 is 0. The van der Waals surface area contributed by atoms with Gasteiger partial charge in [0.1, 0.15) is 11.7 Å². The van der Waals surface area contributed by atoms with Gasteiger partial charge in [-0.2, -0.15) is 0 Å². The van der Waals surface area contributed by atoms with Crippen LogP contribution in [0.3, 0.4) is 0 Å². The summed E-state index contributed by atoms with van der Waals surface area (Å²) in [6.45, 7) is 10.1. The largest absolute Gasteiger partial charge is 0.479 e. The number of esters is 1. The molecule has 3 aromatic carbocycles. The molecule has 0 radical (unpaired) electrons. The molecule has 5 nitrogen and oxygen atoms in total. The van der Waals surface area contributed by atoms with Crippen LogP contribution in [0.25, 0.3) is 0 Å². The van der Waals surface area contributed by atoms with Crippen LogP contribution in [0.4, 0.5) is 0 Å². The molecule has 3 aromatic rings. The number of hydrogen-bond acceptors (Lipinski definition) is 5. The number of carbonyl (C=O) groups excluding carboxylic acids is 2. The highest BCUT2D eigenvalue weighted by Gasteiger charge is 2.78. The van der Waals surface area contributed by atoms with Gasteiger partial charge in [-0.1, -0.05) is 66.2 Å². The lowest BCUT2D eigenvalue weighted by Gasteiger charge is -2.43. The Hall–Kier alpha value is -3.44. The van der Waals surface area contributed by atoms with Crippen LogP contribution in [0.1, 0.15) is 53.1 Å². The van der Waals surface area contributed by atoms with Crippen molar-refractivity contribution in [1.82, 2.24) is 5.32 Å². The van der Waals surface area contributed by atoms with Crippen LogP contribution in [0, 0.1) is 26.7 Å². The van der Waals surface area contributed by atoms with Gasteiger partial charge in [0, 0.05) is 11.6 Å². The van der Waals surface area contributed by atoms with Crippen LogP contribution >= 0.6 is 0 Å². The van der Waals surface area contributed by atoms with Crippen molar-refractivity contribution in [3.05, 3.63) is 100 Å². The minimum atomic E-state index is -1.29. The lowest BCUT2D eigenvalue weighted by atomic mass is 9.68. The zero-order valence-electron chi connectivity index (χ0n) is 21.7. The Morgan fingerprint density at radius 2 is 1.64 bits per heavy atom. The number of Topliss-reactive ketones (excluding diaryl/α,β-unsaturated/α-hetero) is 1. The van der Waals surface area contributed by atoms with E-state index in [1.165, 1.54) is 7.11 Å². The topological polar surface area (TPSA) is 64.6 Å². The molecule has 1 aliphatic heterocycles. The molecular weight excluding hydrogens is 450 g/mol. The van der Waals surface area contributed by atoms with Crippen LogP contribution in [0.15, 0.2) is 66.7 Å². The summed E-state index contributed by atoms with van der Waals surface area (Å²) in [5.41, 5.74) is 3.13. The van der Waals surface area contributed by atoms with Crippen molar-refractivity contribution in [3.8, 4) is 5.75 Å². The van der Waals surface area contributed by atoms with Crippen LogP contribution in [0.2, 0.25) is 0 Å². The maximum Gasteiger partial charge on any atom is 0.317 e. The predicted octanol–water partition coefficient (Wildman–Crippen LogP) is 5.25. The van der Waals surface area contributed by atoms with E-state index in [0.717, 1.165) is 33.4 Å². The molecule has 1 saturated carbocycles. The summed E-state index contributed by atoms with van der Waals surface area (Å²) in [5, 5.41) is 3.66. The van der Waals surface area contributed by atoms with E-state index in [0.29, 0.717) is 5.75 Å². The zero-order valence-corrected chi connectivity index (χ0v) is 21.7. The van der Waals surface area contributed by atoms with Crippen LogP contribution in [-0.4, -0.2) is 24.9 Å². The third-order valence-electron chi connectivity index (χ3n) is 7.67. The van der Waals surface area contributed by atoms with Gasteiger partial charge in [0.05, 0.1) is 13.0 Å². The first-order chi connectivity index (χ1) is 17.2. The number of rotatable bonds is 5. The summed E-state index contributed by atoms with van der Waals surface area (Å²) < 4.78 is 12.3. The zero-order chi connectivity index (χ0) is 25.8. The minimum Gasteiger partial charge on any atom is -0.479 e. The molecule has 36 heavy (non-hydrogen) atoms. The highest BCUT2D eigenvalue weighted by molar-refractivity contribution is 6.10. The second-order valence-corrected chi connectivity index (χ2v) is 10.5. The fourth-order valence-corrected chi connectivity index (χ4v) is 6.54. The molecule has 0 spiro atoms. The van der Waals surface area contributed by atoms with Crippen molar-refractivity contribution in [3.63, 3.8) is 0 Å². The second kappa shape index (κ2) is 8.59. The van der Waals surface area contributed by atoms with Gasteiger partial charge < -0.3 is 9.47 Å². The van der Waals surface area contributed by atoms with Gasteiger partial charge in [-0.05, 0) is 62.9 Å². The van der Waals surface area contributed by atoms with Gasteiger partial charge in [-0.15, -0.1) is 0 Å². The summed E-state index contributed by atoms with van der Waals surface area (Å²) in [6.07, 6.45) is 0. The number of ketones is 1. The standard InChI is InChI=1S/C31H33NO4/c1-18(2)32-30-26-21(5)16-20(4)17-24(26)36-31(30,23-14-12-19(3)13-15-23)27(22-10-8-7-9-11-22)25(28(30)33)29(34)35-6/h7-18,25,27,32H,1-6H3/t25-,27-,30+,31+/m1/s1. The third kappa shape index (κ3) is 3.19. The van der Waals surface area contributed by atoms with Crippen molar-refractivity contribution in [2.24, 2.45) is 5.92 Å². The van der Waals surface area contributed by atoms with Gasteiger partial charge in [0.2, 0.25) is 0 Å². The Balaban J connectivity index is 1.96. The number of benzene rings is 3. The predicted molar refractivity (Wildman–Crippen MR) is 139 cm³/mol. The monoisotopic (exact) mass is 483 g/mol. The van der Waals surface area contributed by atoms with Gasteiger partial charge in [0.25, 0.3) is 0 Å². The van der Waals surface area contributed by atoms with Gasteiger partial charge in [-0.3, -0.25) is 14.9 Å². The van der Waals surface area contributed by atoms with Gasteiger partial charge in [-0.25, -0.2) is 0 Å². The highest BCUT2D eigenvalue weighted by Crippen LogP contribution is 2.67. The highest BCUT2D eigenvalue weighted by atomic mass is 16.5. The molecule has 1 heterocycles. The van der Waals surface area contributed by atoms with Crippen molar-refractivity contribution in [2.45, 2.75) is 57.7 Å². The Morgan fingerprint density at radius 1 is 0.972 bits per heavy atom. The first-order valence-corrected chi connectivity index (χ1v) is 12.5. The molecule has 186 valence electrons. The number of carbonyl (C=O) groups is 2. The third-order valence-corrected chi connectivity index (χ3v) is 7.67. The van der Waals surface area contributed by atoms with Crippen molar-refractivity contribution >= 4 is 11.8 Å². The summed E-state index contributed by atoms with van der Waals surface area (Å²) in [4.78, 5) is 28.3. The van der Waals surface area contributed by atoms with Gasteiger partial charge >= 0.3 is 5.97 Å². The molecule has 4 atom stereocenters. The molecule has 5 heteroatoms. The average molecular weight is 484 g/mol. The fraction of sp³-hybridized carbons (Fsp3) is 0.355. The molecule has 1 aliphatic carbocycles. The summed E-state index contributed by atoms with van der Waals surface area (Å²) in [5.74, 6) is -1.74. The molecule has 0 saturated heterocycles. The maximum atomic E-state index is 14.8. The van der Waals surface area contributed by atoms with E-state index in [1.807, 2.05) is 95.3 Å². The van der Waals surface area contributed by atoms with E-state index in [2.05, 4.69) is 11.4 Å². The Bertz CT molecular complexity index is 1330. The quantitative estimate of drug-likeness (QED) is 0.397. The normalized spacial score (nSPS) is 26.5. The van der Waals surface area contributed by atoms with E-state index in [4.69, 9.17) is 9.47 Å². The van der Waals surface area contributed by atoms with Crippen molar-refractivity contribution < 1.29 is 19.1 Å². The SMILES string of the molecule is COC(=O)[C@H]1C(=O)[C@@]2(NC(C)C)c3c(C)cc(C)cc3O[C@@]2(c2ccc(C)cc2)[C@@H]1c1ccccc1. The average Bonchev–Trinajstić information content (AvgIpc) is 3.23. The van der Waals surface area contributed by atoms with E-state index in [1.54, 1.807) is 0 Å². The van der Waals surface area contributed by atoms with Crippen LogP contribution in [0.5, 0.6) is 5.75 Å². The number of methoxy groups -OCH3 is 1. The number of aryl methyl sites for hydroxylation is 3. The molecule has 0 amide bonds. The molecule has 1 N–H and O–H groups in total. The molecular formula is C31H33NO4. The lowest BCUT2D eigenvalue weighted by molar-refractivity contribution is -0.149. The number of fused-ring (bicyclic) bond motifs is 3. The fourth-order valence-electron chi connectivity index (χ4n) is 6.54. The summed E-state index contributed by atoms with van der Waals surface area (Å²) in [6, 6.07) is 21.9. The Kier molecular flexibility index (Phi) is 5.79. The Morgan fingerprint density at radius 3 is 2.25 bits per heavy atom. The maximum absolute atomic E-state index is 14.8. The minimum absolute atomic E-state index is 0.0677. The first-order valence-electron chi connectivity index (χ1n) is 12.5. The molecule has 1 fully saturated rings. The van der Waals surface area contributed by atoms with E-state index in [9.17, 15) is 9.59 Å². The Labute approximate surface area is 212 Å². The number of hydrogen-bond donors (Lipinski definition) is 1. The number of nitrogens with one attached hydrogen (secondary N) is 1. The van der Waals surface area contributed by atoms with E-state index < -0.39 is 28.9 Å². The lowest BCUT2D eigenvalue weighted by Crippen LogP contribution is -2.61. The van der Waals surface area contributed by atoms with Crippen molar-refractivity contribution in [1.29, 1.82) is 0 Å². The van der Waals surface area contributed by atoms with Crippen LogP contribution < -0.4 is 10.1 Å². The molecule has 2 aliphatic rings. The summed E-state index contributed by atoms with van der Waals surface area (Å²) in [7, 11) is 1.34. The molecule has 0 bridgehead atoms. The van der Waals surface area contributed by atoms with Gasteiger partial charge in [0.15, 0.2) is 16.9 Å². The molecule has 0 aromatic heterocycles. The second-order valence-electron chi connectivity index (χ2n) is 10.5. The van der Waals surface area contributed by atoms with E-state index >= 15 is 0 Å². The van der Waals surface area contributed by atoms with Crippen molar-refractivity contribution in [2.75, 3.05) is 7.11 Å². The smallest absolute Gasteiger partial charge is 0.317 e.